The van der Waals surface area contributed by atoms with E-state index in [0.29, 0.717) is 5.56 Å². The number of sulfonamides is 1. The summed E-state index contributed by atoms with van der Waals surface area (Å²) in [6.07, 6.45) is 0. The molecule has 1 atom stereocenters. The Morgan fingerprint density at radius 3 is 2.52 bits per heavy atom. The van der Waals surface area contributed by atoms with Crippen molar-refractivity contribution in [1.82, 2.24) is 4.72 Å². The van der Waals surface area contributed by atoms with Crippen LogP contribution in [-0.2, 0) is 19.6 Å². The molecule has 3 rings (SSSR count). The van der Waals surface area contributed by atoms with Crippen molar-refractivity contribution in [2.45, 2.75) is 17.9 Å². The molecule has 1 aliphatic heterocycles. The number of esters is 1. The van der Waals surface area contributed by atoms with E-state index in [-0.39, 0.29) is 16.3 Å². The van der Waals surface area contributed by atoms with Crippen LogP contribution in [0.1, 0.15) is 22.8 Å². The third-order valence-corrected chi connectivity index (χ3v) is 5.24. The summed E-state index contributed by atoms with van der Waals surface area (Å²) < 4.78 is 44.1. The van der Waals surface area contributed by atoms with Gasteiger partial charge in [-0.05, 0) is 43.3 Å². The highest BCUT2D eigenvalue weighted by molar-refractivity contribution is 7.90. The number of rotatable bonds is 5. The zero-order valence-electron chi connectivity index (χ0n) is 14.2. The van der Waals surface area contributed by atoms with Crippen molar-refractivity contribution in [3.8, 4) is 0 Å². The van der Waals surface area contributed by atoms with Gasteiger partial charge in [-0.2, -0.15) is 0 Å². The highest BCUT2D eigenvalue weighted by atomic mass is 32.2. The Balaban J connectivity index is 1.67. The van der Waals surface area contributed by atoms with Crippen LogP contribution in [0.25, 0.3) is 0 Å². The van der Waals surface area contributed by atoms with Gasteiger partial charge in [0, 0.05) is 11.1 Å². The molecule has 0 unspecified atom stereocenters. The Bertz CT molecular complexity index is 1030. The van der Waals surface area contributed by atoms with Crippen LogP contribution in [0.2, 0.25) is 0 Å². The number of amidine groups is 1. The number of aliphatic imine (C=N–C) groups is 1. The van der Waals surface area contributed by atoms with Gasteiger partial charge in [0.2, 0.25) is 0 Å². The van der Waals surface area contributed by atoms with E-state index in [2.05, 4.69) is 9.71 Å². The van der Waals surface area contributed by atoms with Crippen LogP contribution in [0.4, 0.5) is 4.39 Å². The number of benzene rings is 2. The molecule has 1 N–H and O–H groups in total. The number of carbonyl (C=O) groups excluding carboxylic acids is 2. The molecule has 0 radical (unpaired) electrons. The van der Waals surface area contributed by atoms with E-state index in [1.165, 1.54) is 25.1 Å². The summed E-state index contributed by atoms with van der Waals surface area (Å²) in [5, 5.41) is 0. The first kappa shape index (κ1) is 18.7. The van der Waals surface area contributed by atoms with Gasteiger partial charge in [0.15, 0.2) is 12.4 Å². The molecule has 0 spiro atoms. The van der Waals surface area contributed by atoms with Crippen LogP contribution in [0.5, 0.6) is 0 Å². The summed E-state index contributed by atoms with van der Waals surface area (Å²) in [7, 11) is -3.71. The topological polar surface area (TPSA) is 102 Å². The molecule has 0 fully saturated rings. The van der Waals surface area contributed by atoms with E-state index < -0.39 is 40.2 Å². The van der Waals surface area contributed by atoms with Gasteiger partial charge in [0.25, 0.3) is 10.0 Å². The quantitative estimate of drug-likeness (QED) is 0.618. The number of fused-ring (bicyclic) bond motifs is 1. The van der Waals surface area contributed by atoms with E-state index in [0.717, 1.165) is 12.1 Å². The third-order valence-electron chi connectivity index (χ3n) is 3.84. The van der Waals surface area contributed by atoms with Crippen molar-refractivity contribution in [3.05, 3.63) is 65.5 Å². The summed E-state index contributed by atoms with van der Waals surface area (Å²) in [4.78, 5) is 28.2. The van der Waals surface area contributed by atoms with Crippen molar-refractivity contribution in [3.63, 3.8) is 0 Å². The minimum atomic E-state index is -3.71. The zero-order chi connectivity index (χ0) is 19.6. The Labute approximate surface area is 154 Å². The fraction of sp³-hybridized carbons (Fsp3) is 0.167. The van der Waals surface area contributed by atoms with Crippen molar-refractivity contribution in [2.75, 3.05) is 6.61 Å². The van der Waals surface area contributed by atoms with Crippen molar-refractivity contribution in [1.29, 1.82) is 0 Å². The van der Waals surface area contributed by atoms with Crippen LogP contribution in [0, 0.1) is 5.82 Å². The van der Waals surface area contributed by atoms with E-state index in [9.17, 15) is 22.4 Å². The summed E-state index contributed by atoms with van der Waals surface area (Å²) in [6.45, 7) is 0.898. The maximum Gasteiger partial charge on any atom is 0.331 e. The first-order valence-electron chi connectivity index (χ1n) is 7.93. The fourth-order valence-corrected chi connectivity index (χ4v) is 3.69. The van der Waals surface area contributed by atoms with Gasteiger partial charge in [-0.25, -0.2) is 17.6 Å². The third kappa shape index (κ3) is 4.03. The van der Waals surface area contributed by atoms with E-state index in [1.54, 1.807) is 18.2 Å². The number of ether oxygens (including phenoxy) is 1. The molecule has 0 aliphatic carbocycles. The molecule has 1 heterocycles. The lowest BCUT2D eigenvalue weighted by Gasteiger charge is -2.09. The molecule has 1 aliphatic rings. The van der Waals surface area contributed by atoms with Crippen LogP contribution in [-0.4, -0.2) is 38.7 Å². The largest absolute Gasteiger partial charge is 0.456 e. The Morgan fingerprint density at radius 2 is 1.81 bits per heavy atom. The van der Waals surface area contributed by atoms with E-state index in [1.807, 2.05) is 0 Å². The molecular formula is C18H15FN2O5S. The second kappa shape index (κ2) is 7.28. The Morgan fingerprint density at radius 1 is 1.15 bits per heavy atom. The lowest BCUT2D eigenvalue weighted by molar-refractivity contribution is -0.143. The first-order chi connectivity index (χ1) is 12.8. The molecule has 7 nitrogen and oxygen atoms in total. The number of Topliss-reactive ketones (excluding diaryl/α,β-unsaturated/α-hetero) is 1. The Hall–Kier alpha value is -3.07. The first-order valence-corrected chi connectivity index (χ1v) is 9.41. The minimum absolute atomic E-state index is 0.0416. The molecule has 0 aromatic heterocycles. The van der Waals surface area contributed by atoms with Gasteiger partial charge in [0.05, 0.1) is 4.90 Å². The molecule has 0 saturated carbocycles. The number of hydrogen-bond acceptors (Lipinski definition) is 6. The van der Waals surface area contributed by atoms with Crippen molar-refractivity contribution >= 4 is 27.6 Å². The maximum atomic E-state index is 12.9. The van der Waals surface area contributed by atoms with Gasteiger partial charge in [-0.15, -0.1) is 0 Å². The van der Waals surface area contributed by atoms with Crippen LogP contribution >= 0.6 is 0 Å². The van der Waals surface area contributed by atoms with Crippen LogP contribution in [0.15, 0.2) is 58.4 Å². The molecule has 140 valence electrons. The smallest absolute Gasteiger partial charge is 0.331 e. The van der Waals surface area contributed by atoms with Crippen LogP contribution < -0.4 is 4.72 Å². The average Bonchev–Trinajstić information content (AvgIpc) is 2.90. The predicted octanol–water partition coefficient (Wildman–Crippen LogP) is 1.68. The minimum Gasteiger partial charge on any atom is -0.456 e. The Kier molecular flexibility index (Phi) is 5.04. The normalized spacial score (nSPS) is 17.0. The number of halogens is 1. The van der Waals surface area contributed by atoms with E-state index >= 15 is 0 Å². The van der Waals surface area contributed by atoms with Crippen molar-refractivity contribution in [2.24, 2.45) is 4.99 Å². The standard InChI is InChI=1S/C18H15FN2O5S/c1-11(18(23)26-10-15(22)12-6-8-13(19)9-7-12)20-17-14-4-2-3-5-16(14)27(24,25)21-17/h2-9,11H,10H2,1H3,(H,20,21)/t11-/m0/s1. The molecule has 2 aromatic carbocycles. The average molecular weight is 390 g/mol. The van der Waals surface area contributed by atoms with Gasteiger partial charge >= 0.3 is 5.97 Å². The highest BCUT2D eigenvalue weighted by Crippen LogP contribution is 2.22. The van der Waals surface area contributed by atoms with Gasteiger partial charge in [0.1, 0.15) is 17.7 Å². The molecular weight excluding hydrogens is 375 g/mol. The van der Waals surface area contributed by atoms with Gasteiger partial charge in [-0.1, -0.05) is 12.1 Å². The molecule has 0 amide bonds. The second-order valence-corrected chi connectivity index (χ2v) is 7.44. The number of ketones is 1. The number of hydrogen-bond donors (Lipinski definition) is 1. The highest BCUT2D eigenvalue weighted by Gasteiger charge is 2.31. The molecule has 9 heteroatoms. The maximum absolute atomic E-state index is 12.9. The lowest BCUT2D eigenvalue weighted by atomic mass is 10.1. The SMILES string of the molecule is C[C@H](N=C1NS(=O)(=O)c2ccccc21)C(=O)OCC(=O)c1ccc(F)cc1. The molecule has 2 aromatic rings. The molecule has 0 bridgehead atoms. The second-order valence-electron chi connectivity index (χ2n) is 5.79. The van der Waals surface area contributed by atoms with Gasteiger partial charge in [-0.3, -0.25) is 14.5 Å². The molecule has 0 saturated heterocycles. The van der Waals surface area contributed by atoms with Gasteiger partial charge < -0.3 is 4.74 Å². The monoisotopic (exact) mass is 390 g/mol. The van der Waals surface area contributed by atoms with Crippen molar-refractivity contribution < 1.29 is 27.1 Å². The summed E-state index contributed by atoms with van der Waals surface area (Å²) >= 11 is 0. The summed E-state index contributed by atoms with van der Waals surface area (Å²) in [5.41, 5.74) is 0.570. The number of carbonyl (C=O) groups is 2. The lowest BCUT2D eigenvalue weighted by Crippen LogP contribution is -2.27. The fourth-order valence-electron chi connectivity index (χ4n) is 2.45. The number of nitrogens with one attached hydrogen (secondary N) is 1. The summed E-state index contributed by atoms with van der Waals surface area (Å²) in [5.74, 6) is -1.72. The predicted molar refractivity (Wildman–Crippen MR) is 94.5 cm³/mol. The van der Waals surface area contributed by atoms with Crippen LogP contribution in [0.3, 0.4) is 0 Å². The van der Waals surface area contributed by atoms with E-state index in [4.69, 9.17) is 4.74 Å². The zero-order valence-corrected chi connectivity index (χ0v) is 15.0. The molecule has 27 heavy (non-hydrogen) atoms. The number of nitrogens with zero attached hydrogens (tertiary/aromatic N) is 1. The summed E-state index contributed by atoms with van der Waals surface area (Å²) in [6, 6.07) is 10.1.